The Kier molecular flexibility index (Phi) is 8.46. The van der Waals surface area contributed by atoms with Crippen molar-refractivity contribution in [3.8, 4) is 0 Å². The minimum atomic E-state index is -3.54. The van der Waals surface area contributed by atoms with Gasteiger partial charge >= 0.3 is 5.97 Å². The maximum Gasteiger partial charge on any atom is 0.310 e. The predicted octanol–water partition coefficient (Wildman–Crippen LogP) is 0.826. The SMILES string of the molecule is CCOC(=O)C1CCCN(S(=O)(=O)NCCN(C)C(C)CC)C1. The molecule has 1 aliphatic rings. The fraction of sp³-hybridized carbons (Fsp3) is 0.933. The van der Waals surface area contributed by atoms with E-state index in [1.165, 1.54) is 4.31 Å². The number of carbonyl (C=O) groups is 1. The van der Waals surface area contributed by atoms with Crippen LogP contribution in [0.15, 0.2) is 0 Å². The Hall–Kier alpha value is -0.700. The average molecular weight is 349 g/mol. The summed E-state index contributed by atoms with van der Waals surface area (Å²) in [5.74, 6) is -0.660. The molecule has 1 fully saturated rings. The highest BCUT2D eigenvalue weighted by molar-refractivity contribution is 7.87. The Morgan fingerprint density at radius 1 is 1.43 bits per heavy atom. The van der Waals surface area contributed by atoms with Crippen molar-refractivity contribution >= 4 is 16.2 Å². The number of ether oxygens (including phenoxy) is 1. The lowest BCUT2D eigenvalue weighted by molar-refractivity contribution is -0.149. The quantitative estimate of drug-likeness (QED) is 0.624. The van der Waals surface area contributed by atoms with Gasteiger partial charge in [0.2, 0.25) is 0 Å². The van der Waals surface area contributed by atoms with Crippen LogP contribution in [-0.4, -0.2) is 69.5 Å². The van der Waals surface area contributed by atoms with Crippen LogP contribution < -0.4 is 4.72 Å². The van der Waals surface area contributed by atoms with Crippen molar-refractivity contribution in [1.29, 1.82) is 0 Å². The molecule has 1 N–H and O–H groups in total. The third kappa shape index (κ3) is 6.37. The smallest absolute Gasteiger partial charge is 0.310 e. The van der Waals surface area contributed by atoms with Crippen LogP contribution in [0.5, 0.6) is 0 Å². The highest BCUT2D eigenvalue weighted by Gasteiger charge is 2.32. The molecule has 7 nitrogen and oxygen atoms in total. The number of esters is 1. The standard InChI is InChI=1S/C15H31N3O4S/c1-5-13(3)17(4)11-9-16-23(20,21)18-10-7-8-14(12-18)15(19)22-6-2/h13-14,16H,5-12H2,1-4H3. The number of nitrogens with one attached hydrogen (secondary N) is 1. The van der Waals surface area contributed by atoms with Gasteiger partial charge in [-0.15, -0.1) is 0 Å². The number of hydrogen-bond acceptors (Lipinski definition) is 5. The highest BCUT2D eigenvalue weighted by atomic mass is 32.2. The van der Waals surface area contributed by atoms with Crippen LogP contribution in [0.4, 0.5) is 0 Å². The van der Waals surface area contributed by atoms with Crippen molar-refractivity contribution in [1.82, 2.24) is 13.9 Å². The van der Waals surface area contributed by atoms with Crippen molar-refractivity contribution in [2.45, 2.75) is 46.1 Å². The summed E-state index contributed by atoms with van der Waals surface area (Å²) in [6, 6.07) is 0.419. The number of likely N-dealkylation sites (N-methyl/N-ethyl adjacent to an activating group) is 1. The van der Waals surface area contributed by atoms with Gasteiger partial charge in [-0.05, 0) is 40.2 Å². The Labute approximate surface area is 140 Å². The molecule has 1 aliphatic heterocycles. The van der Waals surface area contributed by atoms with Crippen molar-refractivity contribution in [3.05, 3.63) is 0 Å². The first-order chi connectivity index (χ1) is 10.8. The second-order valence-electron chi connectivity index (χ2n) is 6.09. The lowest BCUT2D eigenvalue weighted by atomic mass is 10.0. The van der Waals surface area contributed by atoms with Gasteiger partial charge < -0.3 is 9.64 Å². The van der Waals surface area contributed by atoms with Gasteiger partial charge in [0.15, 0.2) is 0 Å². The summed E-state index contributed by atoms with van der Waals surface area (Å²) in [5.41, 5.74) is 0. The summed E-state index contributed by atoms with van der Waals surface area (Å²) in [4.78, 5) is 13.9. The van der Waals surface area contributed by atoms with Crippen LogP contribution in [0.3, 0.4) is 0 Å². The molecule has 0 aromatic carbocycles. The molecule has 1 saturated heterocycles. The number of rotatable bonds is 9. The molecule has 136 valence electrons. The molecular weight excluding hydrogens is 318 g/mol. The summed E-state index contributed by atoms with van der Waals surface area (Å²) in [6.45, 7) is 7.97. The van der Waals surface area contributed by atoms with Crippen LogP contribution in [0.25, 0.3) is 0 Å². The van der Waals surface area contributed by atoms with Gasteiger partial charge in [0, 0.05) is 32.2 Å². The second kappa shape index (κ2) is 9.56. The van der Waals surface area contributed by atoms with Gasteiger partial charge in [0.1, 0.15) is 0 Å². The molecule has 8 heteroatoms. The molecule has 0 saturated carbocycles. The number of hydrogen-bond donors (Lipinski definition) is 1. The molecule has 2 unspecified atom stereocenters. The molecule has 0 aromatic heterocycles. The van der Waals surface area contributed by atoms with Gasteiger partial charge in [-0.3, -0.25) is 4.79 Å². The third-order valence-electron chi connectivity index (χ3n) is 4.44. The van der Waals surface area contributed by atoms with Crippen molar-refractivity contribution in [3.63, 3.8) is 0 Å². The third-order valence-corrected chi connectivity index (χ3v) is 6.02. The Bertz CT molecular complexity index is 469. The molecule has 2 atom stereocenters. The first-order valence-corrected chi connectivity index (χ1v) is 9.87. The lowest BCUT2D eigenvalue weighted by Crippen LogP contribution is -2.49. The molecule has 23 heavy (non-hydrogen) atoms. The van der Waals surface area contributed by atoms with E-state index in [0.29, 0.717) is 45.1 Å². The van der Waals surface area contributed by atoms with Gasteiger partial charge in [-0.1, -0.05) is 6.92 Å². The fourth-order valence-corrected chi connectivity index (χ4v) is 3.87. The topological polar surface area (TPSA) is 78.9 Å². The van der Waals surface area contributed by atoms with Crippen molar-refractivity contribution < 1.29 is 17.9 Å². The molecule has 0 aromatic rings. The van der Waals surface area contributed by atoms with E-state index in [2.05, 4.69) is 23.5 Å². The van der Waals surface area contributed by atoms with E-state index in [0.717, 1.165) is 6.42 Å². The molecule has 0 aliphatic carbocycles. The number of piperidine rings is 1. The number of nitrogens with zero attached hydrogens (tertiary/aromatic N) is 2. The highest BCUT2D eigenvalue weighted by Crippen LogP contribution is 2.19. The maximum atomic E-state index is 12.4. The maximum absolute atomic E-state index is 12.4. The van der Waals surface area contributed by atoms with E-state index in [-0.39, 0.29) is 18.4 Å². The van der Waals surface area contributed by atoms with Crippen LogP contribution >= 0.6 is 0 Å². The van der Waals surface area contributed by atoms with E-state index in [9.17, 15) is 13.2 Å². The van der Waals surface area contributed by atoms with Gasteiger partial charge in [-0.2, -0.15) is 12.7 Å². The summed E-state index contributed by atoms with van der Waals surface area (Å²) in [6.07, 6.45) is 2.38. The van der Waals surface area contributed by atoms with E-state index in [1.807, 2.05) is 7.05 Å². The van der Waals surface area contributed by atoms with Crippen molar-refractivity contribution in [2.75, 3.05) is 39.8 Å². The molecule has 0 bridgehead atoms. The molecular formula is C15H31N3O4S. The summed E-state index contributed by atoms with van der Waals surface area (Å²) < 4.78 is 33.8. The van der Waals surface area contributed by atoms with Crippen LogP contribution in [0.2, 0.25) is 0 Å². The summed E-state index contributed by atoms with van der Waals surface area (Å²) in [5, 5.41) is 0. The van der Waals surface area contributed by atoms with E-state index in [1.54, 1.807) is 6.92 Å². The second-order valence-corrected chi connectivity index (χ2v) is 7.84. The van der Waals surface area contributed by atoms with Crippen LogP contribution in [0, 0.1) is 5.92 Å². The molecule has 0 amide bonds. The van der Waals surface area contributed by atoms with Crippen LogP contribution in [0.1, 0.15) is 40.0 Å². The normalized spacial score (nSPS) is 21.3. The zero-order chi connectivity index (χ0) is 17.5. The zero-order valence-electron chi connectivity index (χ0n) is 14.7. The van der Waals surface area contributed by atoms with Crippen LogP contribution in [-0.2, 0) is 19.7 Å². The van der Waals surface area contributed by atoms with E-state index in [4.69, 9.17) is 4.74 Å². The minimum absolute atomic E-state index is 0.204. The first-order valence-electron chi connectivity index (χ1n) is 8.43. The van der Waals surface area contributed by atoms with E-state index < -0.39 is 10.2 Å². The zero-order valence-corrected chi connectivity index (χ0v) is 15.6. The van der Waals surface area contributed by atoms with Gasteiger partial charge in [-0.25, -0.2) is 4.72 Å². The average Bonchev–Trinajstić information content (AvgIpc) is 2.54. The van der Waals surface area contributed by atoms with Gasteiger partial charge in [0.05, 0.1) is 12.5 Å². The molecule has 1 heterocycles. The largest absolute Gasteiger partial charge is 0.466 e. The Morgan fingerprint density at radius 3 is 2.74 bits per heavy atom. The first kappa shape index (κ1) is 20.3. The predicted molar refractivity (Wildman–Crippen MR) is 90.2 cm³/mol. The molecule has 0 radical (unpaired) electrons. The molecule has 0 spiro atoms. The minimum Gasteiger partial charge on any atom is -0.466 e. The summed E-state index contributed by atoms with van der Waals surface area (Å²) >= 11 is 0. The van der Waals surface area contributed by atoms with Gasteiger partial charge in [0.25, 0.3) is 10.2 Å². The summed E-state index contributed by atoms with van der Waals surface area (Å²) in [7, 11) is -1.56. The van der Waals surface area contributed by atoms with E-state index >= 15 is 0 Å². The monoisotopic (exact) mass is 349 g/mol. The lowest BCUT2D eigenvalue weighted by Gasteiger charge is -2.31. The van der Waals surface area contributed by atoms with Crippen molar-refractivity contribution in [2.24, 2.45) is 5.92 Å². The number of carbonyl (C=O) groups excluding carboxylic acids is 1. The molecule has 1 rings (SSSR count). The Morgan fingerprint density at radius 2 is 2.13 bits per heavy atom. The Balaban J connectivity index is 2.50. The fourth-order valence-electron chi connectivity index (χ4n) is 2.59.